The zero-order chi connectivity index (χ0) is 17.4. The summed E-state index contributed by atoms with van der Waals surface area (Å²) in [6.07, 6.45) is 0. The maximum Gasteiger partial charge on any atom is 0.349 e. The van der Waals surface area contributed by atoms with Crippen molar-refractivity contribution in [2.24, 2.45) is 0 Å². The van der Waals surface area contributed by atoms with Crippen molar-refractivity contribution in [1.29, 1.82) is 0 Å². The topological polar surface area (TPSA) is 59.3 Å². The number of aryl methyl sites for hydroxylation is 4. The number of benzene rings is 2. The predicted molar refractivity (Wildman–Crippen MR) is 95.8 cm³/mol. The van der Waals surface area contributed by atoms with Gasteiger partial charge in [0.05, 0.1) is 0 Å². The molecule has 0 saturated carbocycles. The minimum atomic E-state index is -0.633. The van der Waals surface area contributed by atoms with Crippen molar-refractivity contribution in [2.45, 2.75) is 27.7 Å². The second-order valence-corrected chi connectivity index (χ2v) is 6.22. The molecular formula is C20H19NO3. The number of rotatable bonds is 2. The first-order chi connectivity index (χ1) is 11.3. The summed E-state index contributed by atoms with van der Waals surface area (Å²) in [5, 5.41) is 3.58. The first-order valence-electron chi connectivity index (χ1n) is 7.79. The van der Waals surface area contributed by atoms with E-state index in [2.05, 4.69) is 5.32 Å². The van der Waals surface area contributed by atoms with Crippen LogP contribution in [0.2, 0.25) is 0 Å². The molecule has 24 heavy (non-hydrogen) atoms. The molecule has 2 aromatic carbocycles. The molecule has 0 unspecified atom stereocenters. The molecule has 0 aliphatic heterocycles. The Morgan fingerprint density at radius 2 is 1.58 bits per heavy atom. The SMILES string of the molecule is Cc1cc(C)c(NC(=O)c2cc3cc(C)ccc3oc2=O)c(C)c1. The normalized spacial score (nSPS) is 10.8. The van der Waals surface area contributed by atoms with Gasteiger partial charge in [-0.3, -0.25) is 4.79 Å². The van der Waals surface area contributed by atoms with Crippen LogP contribution in [0.5, 0.6) is 0 Å². The quantitative estimate of drug-likeness (QED) is 0.717. The Morgan fingerprint density at radius 3 is 2.25 bits per heavy atom. The highest BCUT2D eigenvalue weighted by Gasteiger charge is 2.16. The van der Waals surface area contributed by atoms with E-state index in [0.29, 0.717) is 5.58 Å². The summed E-state index contributed by atoms with van der Waals surface area (Å²) in [4.78, 5) is 24.7. The third kappa shape index (κ3) is 2.95. The molecule has 1 amide bonds. The van der Waals surface area contributed by atoms with Crippen LogP contribution in [0, 0.1) is 27.7 Å². The lowest BCUT2D eigenvalue weighted by Crippen LogP contribution is -2.21. The molecule has 1 heterocycles. The van der Waals surface area contributed by atoms with Crippen LogP contribution < -0.4 is 10.9 Å². The molecule has 3 rings (SSSR count). The van der Waals surface area contributed by atoms with E-state index in [4.69, 9.17) is 4.42 Å². The van der Waals surface area contributed by atoms with Gasteiger partial charge in [0, 0.05) is 11.1 Å². The first kappa shape index (κ1) is 16.0. The lowest BCUT2D eigenvalue weighted by Gasteiger charge is -2.12. The summed E-state index contributed by atoms with van der Waals surface area (Å²) in [6, 6.07) is 11.1. The van der Waals surface area contributed by atoms with Crippen LogP contribution in [0.25, 0.3) is 11.0 Å². The van der Waals surface area contributed by atoms with Crippen LogP contribution in [-0.4, -0.2) is 5.91 Å². The van der Waals surface area contributed by atoms with Crippen LogP contribution in [-0.2, 0) is 0 Å². The summed E-state index contributed by atoms with van der Waals surface area (Å²) < 4.78 is 5.27. The van der Waals surface area contributed by atoms with Crippen molar-refractivity contribution < 1.29 is 9.21 Å². The van der Waals surface area contributed by atoms with Gasteiger partial charge in [-0.1, -0.05) is 29.3 Å². The average molecular weight is 321 g/mol. The van der Waals surface area contributed by atoms with Gasteiger partial charge in [0.2, 0.25) is 0 Å². The largest absolute Gasteiger partial charge is 0.422 e. The molecule has 0 fully saturated rings. The van der Waals surface area contributed by atoms with E-state index in [1.807, 2.05) is 52.0 Å². The number of carbonyl (C=O) groups is 1. The maximum absolute atomic E-state index is 12.6. The molecule has 0 spiro atoms. The fraction of sp³-hybridized carbons (Fsp3) is 0.200. The number of fused-ring (bicyclic) bond motifs is 1. The van der Waals surface area contributed by atoms with Gasteiger partial charge < -0.3 is 9.73 Å². The van der Waals surface area contributed by atoms with Crippen molar-refractivity contribution in [3.05, 3.63) is 74.6 Å². The highest BCUT2D eigenvalue weighted by molar-refractivity contribution is 6.06. The van der Waals surface area contributed by atoms with Crippen LogP contribution in [0.15, 0.2) is 45.6 Å². The van der Waals surface area contributed by atoms with Gasteiger partial charge in [-0.05, 0) is 57.0 Å². The van der Waals surface area contributed by atoms with E-state index in [9.17, 15) is 9.59 Å². The van der Waals surface area contributed by atoms with E-state index in [0.717, 1.165) is 33.3 Å². The van der Waals surface area contributed by atoms with Gasteiger partial charge in [-0.25, -0.2) is 4.79 Å². The molecule has 4 nitrogen and oxygen atoms in total. The molecule has 0 radical (unpaired) electrons. The molecule has 122 valence electrons. The molecule has 0 aliphatic carbocycles. The molecule has 0 aliphatic rings. The molecule has 0 bridgehead atoms. The Kier molecular flexibility index (Phi) is 3.97. The standard InChI is InChI=1S/C20H19NO3/c1-11-5-6-17-15(9-11)10-16(20(23)24-17)19(22)21-18-13(3)7-12(2)8-14(18)4/h5-10H,1-4H3,(H,21,22). The van der Waals surface area contributed by atoms with Crippen LogP contribution in [0.3, 0.4) is 0 Å². The fourth-order valence-corrected chi connectivity index (χ4v) is 2.96. The monoisotopic (exact) mass is 321 g/mol. The summed E-state index contributed by atoms with van der Waals surface area (Å²) in [5.41, 5.74) is 4.67. The number of hydrogen-bond donors (Lipinski definition) is 1. The van der Waals surface area contributed by atoms with Crippen LogP contribution >= 0.6 is 0 Å². The summed E-state index contributed by atoms with van der Waals surface area (Å²) >= 11 is 0. The van der Waals surface area contributed by atoms with Crippen LogP contribution in [0.1, 0.15) is 32.6 Å². The van der Waals surface area contributed by atoms with Crippen molar-refractivity contribution in [3.8, 4) is 0 Å². The fourth-order valence-electron chi connectivity index (χ4n) is 2.96. The van der Waals surface area contributed by atoms with Gasteiger partial charge in [0.15, 0.2) is 0 Å². The van der Waals surface area contributed by atoms with E-state index >= 15 is 0 Å². The number of hydrogen-bond acceptors (Lipinski definition) is 3. The minimum Gasteiger partial charge on any atom is -0.422 e. The minimum absolute atomic E-state index is 0.00692. The smallest absolute Gasteiger partial charge is 0.349 e. The lowest BCUT2D eigenvalue weighted by atomic mass is 10.0. The van der Waals surface area contributed by atoms with Crippen molar-refractivity contribution in [1.82, 2.24) is 0 Å². The van der Waals surface area contributed by atoms with Crippen molar-refractivity contribution in [3.63, 3.8) is 0 Å². The Balaban J connectivity index is 2.03. The highest BCUT2D eigenvalue weighted by Crippen LogP contribution is 2.23. The van der Waals surface area contributed by atoms with Gasteiger partial charge in [0.1, 0.15) is 11.1 Å². The second-order valence-electron chi connectivity index (χ2n) is 6.22. The van der Waals surface area contributed by atoms with Gasteiger partial charge >= 0.3 is 5.63 Å². The Hall–Kier alpha value is -2.88. The van der Waals surface area contributed by atoms with Gasteiger partial charge in [-0.2, -0.15) is 0 Å². The van der Waals surface area contributed by atoms with E-state index < -0.39 is 11.5 Å². The zero-order valence-corrected chi connectivity index (χ0v) is 14.2. The lowest BCUT2D eigenvalue weighted by molar-refractivity contribution is 0.102. The van der Waals surface area contributed by atoms with E-state index in [1.165, 1.54) is 0 Å². The molecular weight excluding hydrogens is 302 g/mol. The first-order valence-corrected chi connectivity index (χ1v) is 7.79. The van der Waals surface area contributed by atoms with Crippen molar-refractivity contribution in [2.75, 3.05) is 5.32 Å². The van der Waals surface area contributed by atoms with E-state index in [1.54, 1.807) is 12.1 Å². The third-order valence-corrected chi connectivity index (χ3v) is 4.05. The molecule has 0 saturated heterocycles. The Morgan fingerprint density at radius 1 is 0.917 bits per heavy atom. The molecule has 1 N–H and O–H groups in total. The van der Waals surface area contributed by atoms with Crippen molar-refractivity contribution >= 4 is 22.6 Å². The summed E-state index contributed by atoms with van der Waals surface area (Å²) in [6.45, 7) is 7.82. The Labute approximate surface area is 140 Å². The molecule has 4 heteroatoms. The average Bonchev–Trinajstić information content (AvgIpc) is 2.50. The number of nitrogens with one attached hydrogen (secondary N) is 1. The van der Waals surface area contributed by atoms with Gasteiger partial charge in [0.25, 0.3) is 5.91 Å². The highest BCUT2D eigenvalue weighted by atomic mass is 16.4. The third-order valence-electron chi connectivity index (χ3n) is 4.05. The second kappa shape index (κ2) is 5.96. The Bertz CT molecular complexity index is 992. The maximum atomic E-state index is 12.6. The summed E-state index contributed by atoms with van der Waals surface area (Å²) in [5.74, 6) is -0.456. The number of carbonyl (C=O) groups excluding carboxylic acids is 1. The predicted octanol–water partition coefficient (Wildman–Crippen LogP) is 4.28. The molecule has 1 aromatic heterocycles. The zero-order valence-electron chi connectivity index (χ0n) is 14.2. The van der Waals surface area contributed by atoms with E-state index in [-0.39, 0.29) is 5.56 Å². The number of amides is 1. The van der Waals surface area contributed by atoms with Gasteiger partial charge in [-0.15, -0.1) is 0 Å². The molecule has 3 aromatic rings. The number of anilines is 1. The van der Waals surface area contributed by atoms with Crippen LogP contribution in [0.4, 0.5) is 5.69 Å². The molecule has 0 atom stereocenters. The summed E-state index contributed by atoms with van der Waals surface area (Å²) in [7, 11) is 0.